The van der Waals surface area contributed by atoms with Crippen molar-refractivity contribution in [2.24, 2.45) is 0 Å². The highest BCUT2D eigenvalue weighted by atomic mass is 35.5. The summed E-state index contributed by atoms with van der Waals surface area (Å²) in [7, 11) is 0. The molecule has 1 fully saturated rings. The molecule has 0 spiro atoms. The number of halogens is 1. The van der Waals surface area contributed by atoms with E-state index in [1.807, 2.05) is 19.1 Å². The monoisotopic (exact) mass is 236 g/mol. The van der Waals surface area contributed by atoms with Crippen LogP contribution in [0.25, 0.3) is 0 Å². The van der Waals surface area contributed by atoms with E-state index in [0.717, 1.165) is 5.56 Å². The van der Waals surface area contributed by atoms with Crippen molar-refractivity contribution in [3.05, 3.63) is 28.8 Å². The number of hydrogen-bond acceptors (Lipinski definition) is 3. The number of aryl methyl sites for hydroxylation is 1. The van der Waals surface area contributed by atoms with Crippen molar-refractivity contribution in [2.45, 2.75) is 13.0 Å². The number of ether oxygens (including phenoxy) is 1. The summed E-state index contributed by atoms with van der Waals surface area (Å²) in [5, 5.41) is 9.24. The highest BCUT2D eigenvalue weighted by molar-refractivity contribution is 6.31. The maximum Gasteiger partial charge on any atom is 0.415 e. The standard InChI is InChI=1S/C11H9ClN2O2/c1-7-2-3-8(12)4-10(7)14-6-9(5-13)16-11(14)15/h2-4,9H,6H2,1H3. The highest BCUT2D eigenvalue weighted by Crippen LogP contribution is 2.27. The maximum absolute atomic E-state index is 11.5. The van der Waals surface area contributed by atoms with Gasteiger partial charge in [-0.2, -0.15) is 5.26 Å². The molecular weight excluding hydrogens is 228 g/mol. The number of benzene rings is 1. The number of nitrogens with zero attached hydrogens (tertiary/aromatic N) is 2. The van der Waals surface area contributed by atoms with Gasteiger partial charge in [0.2, 0.25) is 6.10 Å². The van der Waals surface area contributed by atoms with Gasteiger partial charge in [0, 0.05) is 5.02 Å². The quantitative estimate of drug-likeness (QED) is 0.753. The van der Waals surface area contributed by atoms with Crippen LogP contribution < -0.4 is 4.90 Å². The van der Waals surface area contributed by atoms with Crippen molar-refractivity contribution in [3.63, 3.8) is 0 Å². The molecule has 1 aromatic rings. The zero-order valence-corrected chi connectivity index (χ0v) is 9.36. The van der Waals surface area contributed by atoms with E-state index in [2.05, 4.69) is 0 Å². The lowest BCUT2D eigenvalue weighted by Crippen LogP contribution is -2.25. The van der Waals surface area contributed by atoms with E-state index < -0.39 is 12.2 Å². The molecule has 1 unspecified atom stereocenters. The van der Waals surface area contributed by atoms with Gasteiger partial charge in [0.05, 0.1) is 12.2 Å². The number of rotatable bonds is 1. The fourth-order valence-electron chi connectivity index (χ4n) is 1.60. The Kier molecular flexibility index (Phi) is 2.71. The van der Waals surface area contributed by atoms with Gasteiger partial charge in [0.25, 0.3) is 0 Å². The average Bonchev–Trinajstić information content (AvgIpc) is 2.63. The molecule has 0 N–H and O–H groups in total. The molecule has 1 heterocycles. The Morgan fingerprint density at radius 3 is 3.00 bits per heavy atom. The van der Waals surface area contributed by atoms with Gasteiger partial charge in [-0.25, -0.2) is 4.79 Å². The number of amides is 1. The Bertz CT molecular complexity index is 481. The predicted octanol–water partition coefficient (Wildman–Crippen LogP) is 2.50. The van der Waals surface area contributed by atoms with Gasteiger partial charge in [-0.05, 0) is 24.6 Å². The largest absolute Gasteiger partial charge is 0.428 e. The van der Waals surface area contributed by atoms with Crippen LogP contribution in [-0.4, -0.2) is 18.7 Å². The summed E-state index contributed by atoms with van der Waals surface area (Å²) in [5.74, 6) is 0. The first kappa shape index (κ1) is 10.8. The molecule has 1 atom stereocenters. The van der Waals surface area contributed by atoms with Crippen LogP contribution in [0.3, 0.4) is 0 Å². The first-order valence-corrected chi connectivity index (χ1v) is 5.13. The first-order chi connectivity index (χ1) is 7.61. The summed E-state index contributed by atoms with van der Waals surface area (Å²) in [6, 6.07) is 7.18. The van der Waals surface area contributed by atoms with Crippen LogP contribution in [0.1, 0.15) is 5.56 Å². The van der Waals surface area contributed by atoms with E-state index in [1.165, 1.54) is 4.90 Å². The number of carbonyl (C=O) groups is 1. The van der Waals surface area contributed by atoms with Crippen molar-refractivity contribution < 1.29 is 9.53 Å². The van der Waals surface area contributed by atoms with Gasteiger partial charge < -0.3 is 4.74 Å². The van der Waals surface area contributed by atoms with Gasteiger partial charge in [-0.15, -0.1) is 0 Å². The van der Waals surface area contributed by atoms with Crippen LogP contribution in [-0.2, 0) is 4.74 Å². The second-order valence-electron chi connectivity index (χ2n) is 3.54. The van der Waals surface area contributed by atoms with E-state index >= 15 is 0 Å². The number of anilines is 1. The minimum atomic E-state index is -0.703. The molecule has 1 aliphatic rings. The van der Waals surface area contributed by atoms with Crippen LogP contribution in [0.4, 0.5) is 10.5 Å². The molecule has 1 aliphatic heterocycles. The molecule has 82 valence electrons. The Labute approximate surface area is 98.0 Å². The topological polar surface area (TPSA) is 53.3 Å². The summed E-state index contributed by atoms with van der Waals surface area (Å²) < 4.78 is 4.86. The van der Waals surface area contributed by atoms with Gasteiger partial charge in [-0.3, -0.25) is 4.90 Å². The normalized spacial score (nSPS) is 19.4. The first-order valence-electron chi connectivity index (χ1n) is 4.75. The molecule has 1 saturated heterocycles. The van der Waals surface area contributed by atoms with Crippen molar-refractivity contribution >= 4 is 23.4 Å². The second-order valence-corrected chi connectivity index (χ2v) is 3.98. The zero-order valence-electron chi connectivity index (χ0n) is 8.61. The van der Waals surface area contributed by atoms with Crippen molar-refractivity contribution in [1.29, 1.82) is 5.26 Å². The minimum Gasteiger partial charge on any atom is -0.428 e. The summed E-state index contributed by atoms with van der Waals surface area (Å²) in [6.07, 6.45) is -1.21. The van der Waals surface area contributed by atoms with E-state index in [-0.39, 0.29) is 6.54 Å². The van der Waals surface area contributed by atoms with E-state index in [4.69, 9.17) is 21.6 Å². The Hall–Kier alpha value is -1.73. The Morgan fingerprint density at radius 1 is 1.62 bits per heavy atom. The van der Waals surface area contributed by atoms with Crippen LogP contribution in [0.5, 0.6) is 0 Å². The fourth-order valence-corrected chi connectivity index (χ4v) is 1.77. The third kappa shape index (κ3) is 1.82. The molecule has 0 aromatic heterocycles. The van der Waals surface area contributed by atoms with Crippen molar-refractivity contribution in [2.75, 3.05) is 11.4 Å². The summed E-state index contributed by atoms with van der Waals surface area (Å²) in [4.78, 5) is 12.9. The molecule has 1 aromatic carbocycles. The van der Waals surface area contributed by atoms with Crippen molar-refractivity contribution in [3.8, 4) is 6.07 Å². The summed E-state index contributed by atoms with van der Waals surface area (Å²) >= 11 is 5.87. The molecule has 0 aliphatic carbocycles. The Balaban J connectivity index is 2.35. The van der Waals surface area contributed by atoms with Crippen LogP contribution >= 0.6 is 11.6 Å². The van der Waals surface area contributed by atoms with Crippen LogP contribution in [0.2, 0.25) is 5.02 Å². The molecule has 16 heavy (non-hydrogen) atoms. The van der Waals surface area contributed by atoms with Gasteiger partial charge in [-0.1, -0.05) is 17.7 Å². The van der Waals surface area contributed by atoms with E-state index in [9.17, 15) is 4.79 Å². The summed E-state index contributed by atoms with van der Waals surface area (Å²) in [5.41, 5.74) is 1.61. The average molecular weight is 237 g/mol. The van der Waals surface area contributed by atoms with Gasteiger partial charge in [0.15, 0.2) is 0 Å². The summed E-state index contributed by atoms with van der Waals surface area (Å²) in [6.45, 7) is 2.12. The lowest BCUT2D eigenvalue weighted by atomic mass is 10.2. The molecule has 0 bridgehead atoms. The van der Waals surface area contributed by atoms with E-state index in [0.29, 0.717) is 10.7 Å². The molecule has 5 heteroatoms. The van der Waals surface area contributed by atoms with E-state index in [1.54, 1.807) is 12.1 Å². The smallest absolute Gasteiger partial charge is 0.415 e. The minimum absolute atomic E-state index is 0.247. The Morgan fingerprint density at radius 2 is 2.38 bits per heavy atom. The van der Waals surface area contributed by atoms with Crippen LogP contribution in [0.15, 0.2) is 18.2 Å². The maximum atomic E-state index is 11.5. The van der Waals surface area contributed by atoms with Gasteiger partial charge in [0.1, 0.15) is 6.07 Å². The molecule has 1 amide bonds. The number of nitriles is 1. The molecule has 4 nitrogen and oxygen atoms in total. The number of cyclic esters (lactones) is 1. The fraction of sp³-hybridized carbons (Fsp3) is 0.273. The van der Waals surface area contributed by atoms with Crippen molar-refractivity contribution in [1.82, 2.24) is 0 Å². The van der Waals surface area contributed by atoms with Gasteiger partial charge >= 0.3 is 6.09 Å². The lowest BCUT2D eigenvalue weighted by Gasteiger charge is -2.15. The SMILES string of the molecule is Cc1ccc(Cl)cc1N1CC(C#N)OC1=O. The second kappa shape index (κ2) is 4.03. The third-order valence-electron chi connectivity index (χ3n) is 2.42. The lowest BCUT2D eigenvalue weighted by molar-refractivity contribution is 0.162. The molecule has 2 rings (SSSR count). The molecular formula is C11H9ClN2O2. The van der Waals surface area contributed by atoms with Crippen LogP contribution in [0, 0.1) is 18.3 Å². The third-order valence-corrected chi connectivity index (χ3v) is 2.65. The number of hydrogen-bond donors (Lipinski definition) is 0. The zero-order chi connectivity index (χ0) is 11.7. The number of carbonyl (C=O) groups excluding carboxylic acids is 1. The molecule has 0 radical (unpaired) electrons. The molecule has 0 saturated carbocycles. The highest BCUT2D eigenvalue weighted by Gasteiger charge is 2.32. The predicted molar refractivity (Wildman–Crippen MR) is 59.4 cm³/mol.